The summed E-state index contributed by atoms with van der Waals surface area (Å²) in [5.41, 5.74) is 6.57. The van der Waals surface area contributed by atoms with Crippen LogP contribution in [0.3, 0.4) is 0 Å². The number of methoxy groups -OCH3 is 1. The monoisotopic (exact) mass is 388 g/mol. The van der Waals surface area contributed by atoms with Crippen molar-refractivity contribution in [1.29, 1.82) is 0 Å². The molecule has 0 aliphatic heterocycles. The van der Waals surface area contributed by atoms with Gasteiger partial charge in [-0.2, -0.15) is 0 Å². The number of likely N-dealkylation sites (N-methyl/N-ethyl adjacent to an activating group) is 1. The van der Waals surface area contributed by atoms with Gasteiger partial charge in [0.05, 0.1) is 13.7 Å². The lowest BCUT2D eigenvalue weighted by Crippen LogP contribution is -2.25. The number of nitrogens with zero attached hydrogens (tertiary/aromatic N) is 3. The highest BCUT2D eigenvalue weighted by atomic mass is 16.8. The number of ether oxygens (including phenoxy) is 3. The van der Waals surface area contributed by atoms with Crippen LogP contribution in [0.25, 0.3) is 0 Å². The number of hydrogen-bond acceptors (Lipinski definition) is 10. The van der Waals surface area contributed by atoms with Gasteiger partial charge in [0.2, 0.25) is 12.7 Å². The average molecular weight is 388 g/mol. The quantitative estimate of drug-likeness (QED) is 0.354. The molecule has 148 valence electrons. The molecule has 1 aromatic carbocycles. The van der Waals surface area contributed by atoms with E-state index in [4.69, 9.17) is 10.5 Å². The van der Waals surface area contributed by atoms with Crippen molar-refractivity contribution in [2.45, 2.75) is 0 Å². The number of nitrogens with two attached hydrogens (primary N) is 1. The number of para-hydroxylation sites is 1. The van der Waals surface area contributed by atoms with E-state index in [-0.39, 0.29) is 25.1 Å². The molecule has 1 heterocycles. The molecule has 11 nitrogen and oxygen atoms in total. The molecule has 0 saturated heterocycles. The zero-order valence-electron chi connectivity index (χ0n) is 15.3. The molecule has 1 amide bonds. The van der Waals surface area contributed by atoms with Crippen LogP contribution in [-0.4, -0.2) is 44.5 Å². The zero-order valence-corrected chi connectivity index (χ0v) is 15.3. The van der Waals surface area contributed by atoms with E-state index in [2.05, 4.69) is 35.3 Å². The number of azo groups is 1. The molecule has 2 aromatic rings. The highest BCUT2D eigenvalue weighted by Gasteiger charge is 2.07. The number of benzene rings is 1. The van der Waals surface area contributed by atoms with Crippen LogP contribution in [0, 0.1) is 0 Å². The maximum absolute atomic E-state index is 11.6. The molecule has 0 spiro atoms. The Morgan fingerprint density at radius 1 is 1.14 bits per heavy atom. The van der Waals surface area contributed by atoms with Gasteiger partial charge in [0.25, 0.3) is 0 Å². The Morgan fingerprint density at radius 2 is 1.89 bits per heavy atom. The minimum absolute atomic E-state index is 0.0958. The van der Waals surface area contributed by atoms with Crippen LogP contribution in [0.15, 0.2) is 46.6 Å². The Hall–Kier alpha value is -3.73. The van der Waals surface area contributed by atoms with E-state index >= 15 is 0 Å². The van der Waals surface area contributed by atoms with Gasteiger partial charge in [0.1, 0.15) is 17.2 Å². The Labute approximate surface area is 160 Å². The van der Waals surface area contributed by atoms with E-state index in [1.165, 1.54) is 7.11 Å². The van der Waals surface area contributed by atoms with E-state index in [1.54, 1.807) is 43.4 Å². The fourth-order valence-electron chi connectivity index (χ4n) is 1.94. The highest BCUT2D eigenvalue weighted by molar-refractivity contribution is 5.91. The minimum Gasteiger partial charge on any atom is -0.455 e. The normalized spacial score (nSPS) is 10.5. The number of nitrogens with one attached hydrogen (secondary N) is 2. The van der Waals surface area contributed by atoms with Crippen molar-refractivity contribution in [3.05, 3.63) is 36.4 Å². The van der Waals surface area contributed by atoms with Gasteiger partial charge >= 0.3 is 6.16 Å². The van der Waals surface area contributed by atoms with Crippen molar-refractivity contribution in [3.63, 3.8) is 0 Å². The van der Waals surface area contributed by atoms with Crippen molar-refractivity contribution >= 4 is 35.1 Å². The molecule has 4 N–H and O–H groups in total. The van der Waals surface area contributed by atoms with Crippen LogP contribution in [0.5, 0.6) is 5.75 Å². The number of rotatable bonds is 8. The van der Waals surface area contributed by atoms with Gasteiger partial charge in [0, 0.05) is 0 Å². The summed E-state index contributed by atoms with van der Waals surface area (Å²) >= 11 is 0. The van der Waals surface area contributed by atoms with Gasteiger partial charge in [-0.15, -0.1) is 10.2 Å². The largest absolute Gasteiger partial charge is 0.510 e. The van der Waals surface area contributed by atoms with Crippen LogP contribution in [-0.2, 0) is 14.3 Å². The molecule has 0 bridgehead atoms. The number of carbonyl (C=O) groups is 2. The third kappa shape index (κ3) is 6.21. The second-order valence-electron chi connectivity index (χ2n) is 5.21. The smallest absolute Gasteiger partial charge is 0.455 e. The van der Waals surface area contributed by atoms with Gasteiger partial charge < -0.3 is 30.6 Å². The summed E-state index contributed by atoms with van der Waals surface area (Å²) in [6.45, 7) is -0.191. The lowest BCUT2D eigenvalue weighted by atomic mass is 10.3. The third-order valence-electron chi connectivity index (χ3n) is 3.20. The fraction of sp³-hybridized carbons (Fsp3) is 0.235. The number of hydrogen-bond donors (Lipinski definition) is 3. The Kier molecular flexibility index (Phi) is 7.66. The summed E-state index contributed by atoms with van der Waals surface area (Å²) in [4.78, 5) is 26.6. The van der Waals surface area contributed by atoms with Crippen LogP contribution in [0.4, 0.5) is 27.8 Å². The summed E-state index contributed by atoms with van der Waals surface area (Å²) in [6, 6.07) is 9.90. The van der Waals surface area contributed by atoms with Crippen molar-refractivity contribution < 1.29 is 23.8 Å². The first-order valence-corrected chi connectivity index (χ1v) is 8.08. The van der Waals surface area contributed by atoms with Crippen LogP contribution >= 0.6 is 0 Å². The van der Waals surface area contributed by atoms with Crippen LogP contribution in [0.1, 0.15) is 0 Å². The van der Waals surface area contributed by atoms with Gasteiger partial charge in [-0.3, -0.25) is 4.79 Å². The molecule has 0 unspecified atom stereocenters. The summed E-state index contributed by atoms with van der Waals surface area (Å²) < 4.78 is 14.4. The van der Waals surface area contributed by atoms with Crippen LogP contribution < -0.4 is 21.1 Å². The fourth-order valence-corrected chi connectivity index (χ4v) is 1.94. The summed E-state index contributed by atoms with van der Waals surface area (Å²) in [6.07, 6.45) is -0.861. The van der Waals surface area contributed by atoms with E-state index in [0.29, 0.717) is 22.9 Å². The minimum atomic E-state index is -0.861. The number of carbonyl (C=O) groups excluding carboxylic acids is 2. The van der Waals surface area contributed by atoms with E-state index in [0.717, 1.165) is 0 Å². The first kappa shape index (κ1) is 20.6. The van der Waals surface area contributed by atoms with Crippen molar-refractivity contribution in [2.75, 3.05) is 38.5 Å². The Bertz CT molecular complexity index is 858. The first-order valence-electron chi connectivity index (χ1n) is 8.08. The molecule has 0 radical (unpaired) electrons. The Morgan fingerprint density at radius 3 is 2.61 bits per heavy atom. The summed E-state index contributed by atoms with van der Waals surface area (Å²) in [7, 11) is 2.86. The summed E-state index contributed by atoms with van der Waals surface area (Å²) in [5.74, 6) is 0.500. The molecule has 1 aromatic heterocycles. The standard InChI is InChI=1S/C17H20N6O5/c1-19-9-15(24)20-14-8-7-12(16(18)21-14)23-22-11-5-3-4-6-13(11)27-10-28-17(25)26-2/h3-8,19H,9-10H2,1-2H3,(H3,18,20,21,24)/b23-22+. The first-order chi connectivity index (χ1) is 13.5. The number of anilines is 2. The maximum atomic E-state index is 11.6. The van der Waals surface area contributed by atoms with Gasteiger partial charge in [-0.25, -0.2) is 9.78 Å². The predicted octanol–water partition coefficient (Wildman–Crippen LogP) is 2.36. The molecule has 0 atom stereocenters. The lowest BCUT2D eigenvalue weighted by Gasteiger charge is -2.08. The van der Waals surface area contributed by atoms with E-state index in [9.17, 15) is 9.59 Å². The molecule has 11 heteroatoms. The predicted molar refractivity (Wildman–Crippen MR) is 101 cm³/mol. The number of amides is 1. The molecule has 0 fully saturated rings. The van der Waals surface area contributed by atoms with Gasteiger partial charge in [-0.05, 0) is 31.3 Å². The summed E-state index contributed by atoms with van der Waals surface area (Å²) in [5, 5.41) is 13.5. The lowest BCUT2D eigenvalue weighted by molar-refractivity contribution is -0.115. The molecule has 2 rings (SSSR count). The molecule has 0 aliphatic carbocycles. The van der Waals surface area contributed by atoms with Gasteiger partial charge in [0.15, 0.2) is 11.6 Å². The third-order valence-corrected chi connectivity index (χ3v) is 3.20. The highest BCUT2D eigenvalue weighted by Crippen LogP contribution is 2.30. The van der Waals surface area contributed by atoms with Crippen molar-refractivity contribution in [2.24, 2.45) is 10.2 Å². The van der Waals surface area contributed by atoms with Gasteiger partial charge in [-0.1, -0.05) is 12.1 Å². The maximum Gasteiger partial charge on any atom is 0.510 e. The number of nitrogen functional groups attached to an aromatic ring is 1. The van der Waals surface area contributed by atoms with Crippen molar-refractivity contribution in [3.8, 4) is 5.75 Å². The molecular formula is C17H20N6O5. The second kappa shape index (κ2) is 10.4. The molecule has 0 aliphatic rings. The molecule has 0 saturated carbocycles. The van der Waals surface area contributed by atoms with E-state index in [1.807, 2.05) is 0 Å². The Balaban J connectivity index is 2.07. The SMILES string of the molecule is CNCC(=O)Nc1ccc(/N=N/c2ccccc2OCOC(=O)OC)c(N)n1. The zero-order chi connectivity index (χ0) is 20.4. The van der Waals surface area contributed by atoms with Crippen LogP contribution in [0.2, 0.25) is 0 Å². The molecule has 28 heavy (non-hydrogen) atoms. The molecular weight excluding hydrogens is 368 g/mol. The topological polar surface area (TPSA) is 150 Å². The van der Waals surface area contributed by atoms with Crippen molar-refractivity contribution in [1.82, 2.24) is 10.3 Å². The number of aromatic nitrogens is 1. The van der Waals surface area contributed by atoms with E-state index < -0.39 is 6.16 Å². The average Bonchev–Trinajstić information content (AvgIpc) is 2.68. The second-order valence-corrected chi connectivity index (χ2v) is 5.21. The number of pyridine rings is 1.